The number of nitrogens with zero attached hydrogens (tertiary/aromatic N) is 2. The molecule has 0 radical (unpaired) electrons. The van der Waals surface area contributed by atoms with Gasteiger partial charge in [-0.15, -0.1) is 0 Å². The van der Waals surface area contributed by atoms with Gasteiger partial charge in [-0.25, -0.2) is 16.8 Å². The van der Waals surface area contributed by atoms with E-state index in [1.165, 1.54) is 16.4 Å². The number of benzene rings is 2. The van der Waals surface area contributed by atoms with E-state index in [-0.39, 0.29) is 40.5 Å². The van der Waals surface area contributed by atoms with Crippen LogP contribution in [0.3, 0.4) is 0 Å². The maximum Gasteiger partial charge on any atom is 0.293 e. The van der Waals surface area contributed by atoms with Gasteiger partial charge in [0, 0.05) is 25.7 Å². The molecule has 0 unspecified atom stereocenters. The lowest BCUT2D eigenvalue weighted by Gasteiger charge is -2.34. The first-order valence-electron chi connectivity index (χ1n) is 10.7. The largest absolute Gasteiger partial charge is 0.378 e. The van der Waals surface area contributed by atoms with E-state index < -0.39 is 30.5 Å². The molecule has 33 heavy (non-hydrogen) atoms. The van der Waals surface area contributed by atoms with E-state index in [0.717, 1.165) is 12.5 Å². The molecule has 0 aromatic heterocycles. The highest BCUT2D eigenvalue weighted by atomic mass is 32.2. The Hall–Kier alpha value is -2.50. The van der Waals surface area contributed by atoms with E-state index in [4.69, 9.17) is 0 Å². The van der Waals surface area contributed by atoms with Crippen molar-refractivity contribution in [3.63, 3.8) is 0 Å². The normalized spacial score (nSPS) is 19.8. The molecule has 2 aromatic rings. The Morgan fingerprint density at radius 2 is 1.67 bits per heavy atom. The Morgan fingerprint density at radius 3 is 2.27 bits per heavy atom. The van der Waals surface area contributed by atoms with Crippen molar-refractivity contribution in [1.29, 1.82) is 0 Å². The highest BCUT2D eigenvalue weighted by Crippen LogP contribution is 2.31. The van der Waals surface area contributed by atoms with Gasteiger partial charge in [0.25, 0.3) is 5.69 Å². The lowest BCUT2D eigenvalue weighted by molar-refractivity contribution is -0.384. The summed E-state index contributed by atoms with van der Waals surface area (Å²) in [7, 11) is -7.30. The molecule has 3 rings (SSSR count). The molecule has 0 spiro atoms. The molecule has 1 N–H and O–H groups in total. The van der Waals surface area contributed by atoms with Crippen molar-refractivity contribution in [2.75, 3.05) is 30.7 Å². The zero-order valence-electron chi connectivity index (χ0n) is 18.7. The van der Waals surface area contributed by atoms with E-state index in [1.807, 2.05) is 13.8 Å². The highest BCUT2D eigenvalue weighted by Gasteiger charge is 2.33. The summed E-state index contributed by atoms with van der Waals surface area (Å²) in [5.74, 6) is 0.0685. The summed E-state index contributed by atoms with van der Waals surface area (Å²) in [4.78, 5) is 10.8. The first-order chi connectivity index (χ1) is 15.5. The number of sulfonamides is 1. The van der Waals surface area contributed by atoms with Gasteiger partial charge in [0.1, 0.15) is 5.69 Å². The monoisotopic (exact) mass is 495 g/mol. The summed E-state index contributed by atoms with van der Waals surface area (Å²) in [5.41, 5.74) is 0.336. The van der Waals surface area contributed by atoms with Crippen molar-refractivity contribution in [1.82, 2.24) is 4.31 Å². The van der Waals surface area contributed by atoms with Gasteiger partial charge < -0.3 is 5.32 Å². The van der Waals surface area contributed by atoms with Crippen LogP contribution < -0.4 is 5.32 Å². The van der Waals surface area contributed by atoms with Crippen molar-refractivity contribution in [2.45, 2.75) is 30.9 Å². The van der Waals surface area contributed by atoms with Crippen LogP contribution in [0.15, 0.2) is 53.4 Å². The van der Waals surface area contributed by atoms with E-state index in [1.54, 1.807) is 30.3 Å². The molecule has 2 aromatic carbocycles. The SMILES string of the molecule is C[C@H]1C[C@H](C)CN(S(=O)(=O)c2ccc(NCCS(=O)(=O)Cc3ccccc3)c([N+](=O)[O-])c2)C1. The predicted octanol–water partition coefficient (Wildman–Crippen LogP) is 3.29. The average molecular weight is 496 g/mol. The van der Waals surface area contributed by atoms with Crippen LogP contribution in [0.5, 0.6) is 0 Å². The molecule has 0 aliphatic carbocycles. The van der Waals surface area contributed by atoms with Gasteiger partial charge >= 0.3 is 0 Å². The number of hydrogen-bond acceptors (Lipinski definition) is 7. The number of sulfone groups is 1. The van der Waals surface area contributed by atoms with Gasteiger partial charge in [-0.3, -0.25) is 10.1 Å². The molecule has 1 aliphatic heterocycles. The van der Waals surface area contributed by atoms with Gasteiger partial charge in [0.15, 0.2) is 9.84 Å². The fraction of sp³-hybridized carbons (Fsp3) is 0.455. The number of rotatable bonds is 9. The molecule has 1 saturated heterocycles. The number of nitro groups is 1. The van der Waals surface area contributed by atoms with Gasteiger partial charge in [0.2, 0.25) is 10.0 Å². The Morgan fingerprint density at radius 1 is 1.03 bits per heavy atom. The third-order valence-electron chi connectivity index (χ3n) is 5.60. The molecule has 0 saturated carbocycles. The summed E-state index contributed by atoms with van der Waals surface area (Å²) in [5, 5.41) is 14.4. The summed E-state index contributed by atoms with van der Waals surface area (Å²) in [6.07, 6.45) is 0.933. The number of anilines is 1. The smallest absolute Gasteiger partial charge is 0.293 e. The lowest BCUT2D eigenvalue weighted by Crippen LogP contribution is -2.42. The van der Waals surface area contributed by atoms with Crippen molar-refractivity contribution in [3.05, 3.63) is 64.2 Å². The van der Waals surface area contributed by atoms with Crippen molar-refractivity contribution in [2.24, 2.45) is 11.8 Å². The molecule has 180 valence electrons. The van der Waals surface area contributed by atoms with Crippen molar-refractivity contribution >= 4 is 31.2 Å². The van der Waals surface area contributed by atoms with Gasteiger partial charge in [-0.2, -0.15) is 4.31 Å². The molecule has 0 amide bonds. The maximum absolute atomic E-state index is 13.1. The van der Waals surface area contributed by atoms with Crippen LogP contribution in [0.4, 0.5) is 11.4 Å². The Balaban J connectivity index is 1.73. The Labute approximate surface area is 194 Å². The average Bonchev–Trinajstić information content (AvgIpc) is 2.73. The van der Waals surface area contributed by atoms with Crippen molar-refractivity contribution in [3.8, 4) is 0 Å². The van der Waals surface area contributed by atoms with Crippen LogP contribution in [0.1, 0.15) is 25.8 Å². The molecule has 9 nitrogen and oxygen atoms in total. The number of nitro benzene ring substituents is 1. The minimum absolute atomic E-state index is 0.0384. The van der Waals surface area contributed by atoms with Crippen LogP contribution in [0.2, 0.25) is 0 Å². The van der Waals surface area contributed by atoms with Crippen LogP contribution in [0.25, 0.3) is 0 Å². The van der Waals surface area contributed by atoms with E-state index in [0.29, 0.717) is 18.7 Å². The van der Waals surface area contributed by atoms with Gasteiger partial charge in [-0.05, 0) is 36.0 Å². The molecule has 1 heterocycles. The molecule has 0 bridgehead atoms. The highest BCUT2D eigenvalue weighted by molar-refractivity contribution is 7.90. The number of hydrogen-bond donors (Lipinski definition) is 1. The number of nitrogens with one attached hydrogen (secondary N) is 1. The van der Waals surface area contributed by atoms with E-state index >= 15 is 0 Å². The zero-order chi connectivity index (χ0) is 24.2. The first kappa shape index (κ1) is 25.1. The lowest BCUT2D eigenvalue weighted by atomic mass is 9.94. The molecule has 2 atom stereocenters. The fourth-order valence-electron chi connectivity index (χ4n) is 4.17. The summed E-state index contributed by atoms with van der Waals surface area (Å²) in [6, 6.07) is 12.4. The third kappa shape index (κ3) is 6.52. The minimum atomic E-state index is -3.87. The topological polar surface area (TPSA) is 127 Å². The van der Waals surface area contributed by atoms with E-state index in [2.05, 4.69) is 5.32 Å². The minimum Gasteiger partial charge on any atom is -0.378 e. The van der Waals surface area contributed by atoms with Crippen molar-refractivity contribution < 1.29 is 21.8 Å². The molecule has 11 heteroatoms. The Kier molecular flexibility index (Phi) is 7.76. The molecular weight excluding hydrogens is 466 g/mol. The van der Waals surface area contributed by atoms with E-state index in [9.17, 15) is 26.9 Å². The van der Waals surface area contributed by atoms with Gasteiger partial charge in [0.05, 0.1) is 21.3 Å². The molecule has 1 aliphatic rings. The van der Waals surface area contributed by atoms with Gasteiger partial charge in [-0.1, -0.05) is 44.2 Å². The zero-order valence-corrected chi connectivity index (χ0v) is 20.3. The molecular formula is C22H29N3O6S2. The first-order valence-corrected chi connectivity index (χ1v) is 14.0. The standard InChI is InChI=1S/C22H29N3O6S2/c1-17-12-18(2)15-24(14-17)33(30,31)20-8-9-21(22(13-20)25(26)27)23-10-11-32(28,29)16-19-6-4-3-5-7-19/h3-9,13,17-18,23H,10-12,14-16H2,1-2H3/t17-,18-/m0/s1. The third-order valence-corrected chi connectivity index (χ3v) is 9.02. The summed E-state index contributed by atoms with van der Waals surface area (Å²) in [6.45, 7) is 4.68. The Bertz CT molecular complexity index is 1190. The number of piperidine rings is 1. The second-order valence-corrected chi connectivity index (χ2v) is 12.8. The predicted molar refractivity (Wildman–Crippen MR) is 127 cm³/mol. The summed E-state index contributed by atoms with van der Waals surface area (Å²) < 4.78 is 52.3. The second kappa shape index (κ2) is 10.2. The van der Waals surface area contributed by atoms with Crippen LogP contribution in [0, 0.1) is 22.0 Å². The summed E-state index contributed by atoms with van der Waals surface area (Å²) >= 11 is 0. The maximum atomic E-state index is 13.1. The quantitative estimate of drug-likeness (QED) is 0.418. The second-order valence-electron chi connectivity index (χ2n) is 8.71. The van der Waals surface area contributed by atoms with Crippen LogP contribution in [-0.4, -0.2) is 51.5 Å². The molecule has 1 fully saturated rings. The van der Waals surface area contributed by atoms with Crippen LogP contribution >= 0.6 is 0 Å². The van der Waals surface area contributed by atoms with Crippen LogP contribution in [-0.2, 0) is 25.6 Å². The fourth-order valence-corrected chi connectivity index (χ4v) is 7.12.